The fraction of sp³-hybridized carbons (Fsp3) is 0.250. The monoisotopic (exact) mass is 537 g/mol. The number of carboxylic acids is 1. The summed E-state index contributed by atoms with van der Waals surface area (Å²) in [5.41, 5.74) is 5.70. The molecule has 2 amide bonds. The molecular formula is C20H20ClN7O5S2. The number of nitrogen functional groups attached to an aromatic ring is 1. The average molecular weight is 538 g/mol. The number of aliphatic carboxylic acids is 1. The number of nitrogens with zero attached hydrogens (tertiary/aromatic N) is 5. The molecule has 2 aromatic rings. The number of carboxylic acid groups (broad SMARTS) is 1. The lowest BCUT2D eigenvalue weighted by atomic mass is 10.0. The largest absolute Gasteiger partial charge is 0.543 e. The Kier molecular flexibility index (Phi) is 8.43. The number of halogens is 1. The second-order valence-corrected chi connectivity index (χ2v) is 9.02. The predicted molar refractivity (Wildman–Crippen MR) is 128 cm³/mol. The number of carbonyl (C=O) groups excluding carboxylic acids is 3. The van der Waals surface area contributed by atoms with Gasteiger partial charge in [0.2, 0.25) is 11.5 Å². The fourth-order valence-corrected chi connectivity index (χ4v) is 5.20. The standard InChI is InChI=1S/C20H19N7O5S2.ClH/c1-2-8-32-24-12(15-23-20(21)34-25-15)16(28)22-13-17(29)27-14(19(30)31)11(10-33-18(13)27)9-26-6-4-3-5-7-26;/h2-7,13,18H,1,8-10H2,(H3-,21,22,23,25,28,30,31);1H/t13?,18-;/m1./s1. The molecule has 2 aliphatic heterocycles. The maximum absolute atomic E-state index is 12.9. The minimum atomic E-state index is -1.45. The molecular weight excluding hydrogens is 518 g/mol. The first kappa shape index (κ1) is 26.1. The number of β-lactam (4-membered cyclic amide) rings is 1. The molecule has 2 aliphatic rings. The third-order valence-corrected chi connectivity index (χ3v) is 6.78. The van der Waals surface area contributed by atoms with Crippen LogP contribution < -0.4 is 20.7 Å². The van der Waals surface area contributed by atoms with E-state index in [-0.39, 0.29) is 41.4 Å². The lowest BCUT2D eigenvalue weighted by molar-refractivity contribution is -0.689. The Balaban J connectivity index is 0.00000342. The zero-order valence-corrected chi connectivity index (χ0v) is 20.5. The zero-order valence-electron chi connectivity index (χ0n) is 18.0. The van der Waals surface area contributed by atoms with Crippen molar-refractivity contribution in [2.24, 2.45) is 5.16 Å². The van der Waals surface area contributed by atoms with Gasteiger partial charge >= 0.3 is 0 Å². The quantitative estimate of drug-likeness (QED) is 0.100. The second-order valence-electron chi connectivity index (χ2n) is 7.13. The van der Waals surface area contributed by atoms with Crippen LogP contribution in [0.15, 0.2) is 59.7 Å². The average Bonchev–Trinajstić information content (AvgIpc) is 3.26. The lowest BCUT2D eigenvalue weighted by Crippen LogP contribution is -2.71. The van der Waals surface area contributed by atoms with E-state index in [0.29, 0.717) is 17.9 Å². The van der Waals surface area contributed by atoms with E-state index in [4.69, 9.17) is 10.6 Å². The van der Waals surface area contributed by atoms with Gasteiger partial charge in [0.25, 0.3) is 11.8 Å². The van der Waals surface area contributed by atoms with E-state index < -0.39 is 29.2 Å². The second kappa shape index (κ2) is 11.3. The van der Waals surface area contributed by atoms with Gasteiger partial charge in [0.05, 0.1) is 11.7 Å². The number of nitrogens with two attached hydrogens (primary N) is 1. The summed E-state index contributed by atoms with van der Waals surface area (Å²) >= 11 is 2.21. The molecule has 2 atom stereocenters. The van der Waals surface area contributed by atoms with Gasteiger partial charge in [0.15, 0.2) is 24.1 Å². The number of pyridine rings is 1. The van der Waals surface area contributed by atoms with Crippen molar-refractivity contribution in [1.29, 1.82) is 0 Å². The van der Waals surface area contributed by atoms with Gasteiger partial charge in [-0.05, 0) is 0 Å². The van der Waals surface area contributed by atoms with Crippen molar-refractivity contribution in [3.63, 3.8) is 0 Å². The molecule has 15 heteroatoms. The van der Waals surface area contributed by atoms with Gasteiger partial charge in [-0.3, -0.25) is 14.5 Å². The van der Waals surface area contributed by atoms with Gasteiger partial charge in [-0.15, -0.1) is 24.2 Å². The van der Waals surface area contributed by atoms with Crippen LogP contribution in [0.5, 0.6) is 0 Å². The molecule has 0 spiro atoms. The van der Waals surface area contributed by atoms with Gasteiger partial charge < -0.3 is 25.8 Å². The fourth-order valence-electron chi connectivity index (χ4n) is 3.43. The number of fused-ring (bicyclic) bond motifs is 1. The Hall–Kier alpha value is -3.49. The number of thioether (sulfide) groups is 1. The van der Waals surface area contributed by atoms with E-state index in [9.17, 15) is 19.5 Å². The summed E-state index contributed by atoms with van der Waals surface area (Å²) < 4.78 is 5.77. The van der Waals surface area contributed by atoms with E-state index in [1.165, 1.54) is 17.8 Å². The van der Waals surface area contributed by atoms with Crippen LogP contribution in [0.4, 0.5) is 5.13 Å². The molecule has 1 unspecified atom stereocenters. The highest BCUT2D eigenvalue weighted by atomic mass is 35.5. The van der Waals surface area contributed by atoms with Crippen molar-refractivity contribution in [3.8, 4) is 0 Å². The van der Waals surface area contributed by atoms with Crippen molar-refractivity contribution in [2.75, 3.05) is 18.1 Å². The van der Waals surface area contributed by atoms with Crippen molar-refractivity contribution in [1.82, 2.24) is 19.6 Å². The number of amides is 2. The van der Waals surface area contributed by atoms with Gasteiger partial charge in [0.1, 0.15) is 18.0 Å². The number of hydrogen-bond acceptors (Lipinski definition) is 11. The van der Waals surface area contributed by atoms with Crippen molar-refractivity contribution in [2.45, 2.75) is 18.0 Å². The molecule has 0 aliphatic carbocycles. The van der Waals surface area contributed by atoms with Crippen LogP contribution in [0.3, 0.4) is 0 Å². The number of nitrogens with one attached hydrogen (secondary N) is 1. The third-order valence-electron chi connectivity index (χ3n) is 4.89. The summed E-state index contributed by atoms with van der Waals surface area (Å²) in [7, 11) is 0. The molecule has 12 nitrogen and oxygen atoms in total. The Morgan fingerprint density at radius 3 is 2.77 bits per heavy atom. The summed E-state index contributed by atoms with van der Waals surface area (Å²) in [6.45, 7) is 3.83. The Bertz CT molecular complexity index is 1200. The summed E-state index contributed by atoms with van der Waals surface area (Å²) in [4.78, 5) is 47.8. The van der Waals surface area contributed by atoms with E-state index in [1.807, 2.05) is 18.2 Å². The van der Waals surface area contributed by atoms with E-state index >= 15 is 0 Å². The molecule has 3 N–H and O–H groups in total. The van der Waals surface area contributed by atoms with Crippen LogP contribution in [0.2, 0.25) is 0 Å². The molecule has 1 saturated heterocycles. The summed E-state index contributed by atoms with van der Waals surface area (Å²) in [6, 6.07) is 4.51. The molecule has 2 aromatic heterocycles. The molecule has 0 bridgehead atoms. The van der Waals surface area contributed by atoms with Crippen molar-refractivity contribution in [3.05, 3.63) is 60.3 Å². The third kappa shape index (κ3) is 5.44. The van der Waals surface area contributed by atoms with Gasteiger partial charge in [0, 0.05) is 35.0 Å². The van der Waals surface area contributed by atoms with Crippen molar-refractivity contribution >= 4 is 64.3 Å². The minimum Gasteiger partial charge on any atom is -0.543 e. The van der Waals surface area contributed by atoms with Crippen molar-refractivity contribution < 1.29 is 28.9 Å². The highest BCUT2D eigenvalue weighted by molar-refractivity contribution is 8.00. The first-order chi connectivity index (χ1) is 16.4. The Labute approximate surface area is 214 Å². The van der Waals surface area contributed by atoms with Crippen LogP contribution >= 0.6 is 35.7 Å². The smallest absolute Gasteiger partial charge is 0.278 e. The number of aromatic nitrogens is 3. The van der Waals surface area contributed by atoms with Gasteiger partial charge in [-0.2, -0.15) is 9.36 Å². The number of anilines is 1. The molecule has 184 valence electrons. The maximum Gasteiger partial charge on any atom is 0.278 e. The van der Waals surface area contributed by atoms with Crippen LogP contribution in [-0.2, 0) is 25.8 Å². The van der Waals surface area contributed by atoms with Crippen LogP contribution in [-0.4, -0.2) is 61.5 Å². The van der Waals surface area contributed by atoms with E-state index in [0.717, 1.165) is 16.4 Å². The molecule has 0 aromatic carbocycles. The van der Waals surface area contributed by atoms with Crippen LogP contribution in [0.25, 0.3) is 0 Å². The SMILES string of the molecule is C=CCON=C(C(=O)NC1C(=O)N2C(C(=O)[O-])=C(C[n+]3ccccc3)CS[C@H]12)c1nsc(N)n1.Cl. The molecule has 0 saturated carbocycles. The molecule has 1 fully saturated rings. The van der Waals surface area contributed by atoms with Crippen LogP contribution in [0.1, 0.15) is 5.82 Å². The topological polar surface area (TPSA) is 167 Å². The maximum atomic E-state index is 12.9. The van der Waals surface area contributed by atoms with E-state index in [1.54, 1.807) is 17.0 Å². The normalized spacial score (nSPS) is 19.3. The summed E-state index contributed by atoms with van der Waals surface area (Å²) in [6.07, 6.45) is 5.03. The highest BCUT2D eigenvalue weighted by Gasteiger charge is 2.53. The number of carbonyl (C=O) groups is 3. The predicted octanol–water partition coefficient (Wildman–Crippen LogP) is -1.16. The minimum absolute atomic E-state index is 0. The Morgan fingerprint density at radius 1 is 1.40 bits per heavy atom. The van der Waals surface area contributed by atoms with E-state index in [2.05, 4.69) is 26.4 Å². The number of hydrogen-bond donors (Lipinski definition) is 2. The van der Waals surface area contributed by atoms with Gasteiger partial charge in [-0.1, -0.05) is 23.9 Å². The Morgan fingerprint density at radius 2 is 2.14 bits per heavy atom. The molecule has 4 heterocycles. The molecule has 0 radical (unpaired) electrons. The molecule has 35 heavy (non-hydrogen) atoms. The van der Waals surface area contributed by atoms with Gasteiger partial charge in [-0.25, -0.2) is 4.57 Å². The first-order valence-electron chi connectivity index (χ1n) is 9.94. The van der Waals surface area contributed by atoms with Crippen LogP contribution in [0, 0.1) is 0 Å². The lowest BCUT2D eigenvalue weighted by Gasteiger charge is -2.50. The zero-order chi connectivity index (χ0) is 24.2. The highest BCUT2D eigenvalue weighted by Crippen LogP contribution is 2.40. The summed E-state index contributed by atoms with van der Waals surface area (Å²) in [5.74, 6) is -2.49. The summed E-state index contributed by atoms with van der Waals surface area (Å²) in [5, 5.41) is 17.8. The number of oxime groups is 1. The molecule has 4 rings (SSSR count). The first-order valence-corrected chi connectivity index (χ1v) is 11.8. The number of rotatable bonds is 9.